The second kappa shape index (κ2) is 9.96. The van der Waals surface area contributed by atoms with Crippen LogP contribution in [0.1, 0.15) is 35.2 Å². The number of carbonyl (C=O) groups excluding carboxylic acids is 2. The normalized spacial score (nSPS) is 18.3. The molecule has 3 aromatic carbocycles. The topological polar surface area (TPSA) is 74.1 Å². The number of fused-ring (bicyclic) bond motifs is 1. The summed E-state index contributed by atoms with van der Waals surface area (Å²) in [5, 5.41) is 11.2. The van der Waals surface area contributed by atoms with Gasteiger partial charge in [-0.25, -0.2) is 8.78 Å². The number of alkyl halides is 2. The quantitative estimate of drug-likeness (QED) is 0.257. The predicted octanol–water partition coefficient (Wildman–Crippen LogP) is 6.80. The summed E-state index contributed by atoms with van der Waals surface area (Å²) in [5.41, 5.74) is 1.33. The van der Waals surface area contributed by atoms with Crippen LogP contribution in [-0.2, 0) is 10.3 Å². The lowest BCUT2D eigenvalue weighted by Gasteiger charge is -2.32. The third-order valence-electron chi connectivity index (χ3n) is 6.89. The lowest BCUT2D eigenvalue weighted by Crippen LogP contribution is -2.44. The molecule has 0 radical (unpaired) electrons. The Labute approximate surface area is 223 Å². The molecule has 190 valence electrons. The van der Waals surface area contributed by atoms with Gasteiger partial charge >= 0.3 is 0 Å². The van der Waals surface area contributed by atoms with Crippen LogP contribution in [-0.4, -0.2) is 34.0 Å². The second-order valence-corrected chi connectivity index (χ2v) is 9.81. The number of hydrogen-bond acceptors (Lipinski definition) is 4. The third-order valence-corrected chi connectivity index (χ3v) is 7.14. The minimum Gasteiger partial charge on any atom is -0.314 e. The van der Waals surface area contributed by atoms with Crippen LogP contribution in [0.3, 0.4) is 0 Å². The van der Waals surface area contributed by atoms with Gasteiger partial charge in [0.1, 0.15) is 0 Å². The van der Waals surface area contributed by atoms with Crippen molar-refractivity contribution in [2.45, 2.75) is 30.7 Å². The van der Waals surface area contributed by atoms with Gasteiger partial charge in [-0.15, -0.1) is 0 Å². The summed E-state index contributed by atoms with van der Waals surface area (Å²) in [6, 6.07) is 24.6. The molecule has 0 aliphatic carbocycles. The number of nitriles is 1. The SMILES string of the molecule is N#C[C@]1(c2ccccc2)CC(F)(F)CN1C(=O)CCC(=O)c1ccnc2ccc(-c3ccc(Cl)cc3)cc12. The van der Waals surface area contributed by atoms with Gasteiger partial charge in [0.15, 0.2) is 11.3 Å². The number of aromatic nitrogens is 1. The van der Waals surface area contributed by atoms with Gasteiger partial charge < -0.3 is 4.90 Å². The Morgan fingerprint density at radius 2 is 1.68 bits per heavy atom. The number of Topliss-reactive ketones (excluding diaryl/α,β-unsaturated/α-hetero) is 1. The molecule has 0 unspecified atom stereocenters. The average molecular weight is 530 g/mol. The zero-order chi connectivity index (χ0) is 26.9. The van der Waals surface area contributed by atoms with Gasteiger partial charge in [0, 0.05) is 35.0 Å². The van der Waals surface area contributed by atoms with E-state index in [0.29, 0.717) is 27.1 Å². The molecule has 0 bridgehead atoms. The van der Waals surface area contributed by atoms with E-state index in [4.69, 9.17) is 11.6 Å². The fraction of sp³-hybridized carbons (Fsp3) is 0.200. The van der Waals surface area contributed by atoms with Crippen molar-refractivity contribution in [3.05, 3.63) is 101 Å². The number of amides is 1. The number of pyridine rings is 1. The number of likely N-dealkylation sites (tertiary alicyclic amines) is 1. The number of hydrogen-bond donors (Lipinski definition) is 0. The van der Waals surface area contributed by atoms with Gasteiger partial charge in [-0.1, -0.05) is 60.1 Å². The Morgan fingerprint density at radius 3 is 2.39 bits per heavy atom. The molecule has 1 amide bonds. The van der Waals surface area contributed by atoms with Crippen molar-refractivity contribution in [3.8, 4) is 17.2 Å². The predicted molar refractivity (Wildman–Crippen MR) is 141 cm³/mol. The highest BCUT2D eigenvalue weighted by molar-refractivity contribution is 6.30. The third kappa shape index (κ3) is 4.75. The van der Waals surface area contributed by atoms with E-state index in [9.17, 15) is 23.6 Å². The van der Waals surface area contributed by atoms with Crippen molar-refractivity contribution in [3.63, 3.8) is 0 Å². The van der Waals surface area contributed by atoms with Crippen molar-refractivity contribution >= 4 is 34.2 Å². The smallest absolute Gasteiger partial charge is 0.269 e. The summed E-state index contributed by atoms with van der Waals surface area (Å²) in [4.78, 5) is 31.8. The van der Waals surface area contributed by atoms with E-state index in [2.05, 4.69) is 4.98 Å². The standard InChI is InChI=1S/C30H22ClF2N3O2/c31-23-9-6-20(7-10-23)21-8-11-26-25(16-21)24(14-15-35-26)27(37)12-13-28(38)36-19-30(32,33)17-29(36,18-34)22-4-2-1-3-5-22/h1-11,14-16H,12-13,17,19H2/t29-/m0/s1. The van der Waals surface area contributed by atoms with Crippen molar-refractivity contribution in [1.29, 1.82) is 5.26 Å². The molecule has 1 aliphatic heterocycles. The summed E-state index contributed by atoms with van der Waals surface area (Å²) in [6.45, 7) is -0.870. The zero-order valence-corrected chi connectivity index (χ0v) is 21.0. The minimum atomic E-state index is -3.22. The molecular weight excluding hydrogens is 508 g/mol. The summed E-state index contributed by atoms with van der Waals surface area (Å²) in [5.74, 6) is -4.20. The molecule has 1 saturated heterocycles. The van der Waals surface area contributed by atoms with Crippen LogP contribution in [0.15, 0.2) is 85.1 Å². The number of nitrogens with zero attached hydrogens (tertiary/aromatic N) is 3. The lowest BCUT2D eigenvalue weighted by atomic mass is 9.87. The summed E-state index contributed by atoms with van der Waals surface area (Å²) in [7, 11) is 0. The summed E-state index contributed by atoms with van der Waals surface area (Å²) < 4.78 is 29.1. The molecule has 0 saturated carbocycles. The molecule has 1 fully saturated rings. The molecule has 5 nitrogen and oxygen atoms in total. The first-order valence-corrected chi connectivity index (χ1v) is 12.4. The molecule has 0 N–H and O–H groups in total. The Balaban J connectivity index is 1.40. The van der Waals surface area contributed by atoms with E-state index in [1.807, 2.05) is 36.4 Å². The largest absolute Gasteiger partial charge is 0.314 e. The van der Waals surface area contributed by atoms with Crippen LogP contribution in [0.2, 0.25) is 5.02 Å². The molecule has 1 atom stereocenters. The Kier molecular flexibility index (Phi) is 6.68. The second-order valence-electron chi connectivity index (χ2n) is 9.37. The number of rotatable bonds is 6. The highest BCUT2D eigenvalue weighted by Crippen LogP contribution is 2.46. The van der Waals surface area contributed by atoms with E-state index < -0.39 is 30.3 Å². The molecule has 5 rings (SSSR count). The van der Waals surface area contributed by atoms with Gasteiger partial charge in [-0.3, -0.25) is 14.6 Å². The molecular formula is C30H22ClF2N3O2. The monoisotopic (exact) mass is 529 g/mol. The fourth-order valence-corrected chi connectivity index (χ4v) is 5.16. The molecule has 2 heterocycles. The Bertz CT molecular complexity index is 1570. The van der Waals surface area contributed by atoms with Gasteiger partial charge in [0.2, 0.25) is 5.91 Å². The first kappa shape index (κ1) is 25.5. The first-order chi connectivity index (χ1) is 18.2. The Morgan fingerprint density at radius 1 is 0.974 bits per heavy atom. The molecule has 4 aromatic rings. The van der Waals surface area contributed by atoms with E-state index in [0.717, 1.165) is 16.0 Å². The number of carbonyl (C=O) groups is 2. The molecule has 8 heteroatoms. The molecule has 1 aromatic heterocycles. The van der Waals surface area contributed by atoms with Crippen LogP contribution in [0.25, 0.3) is 22.0 Å². The number of halogens is 3. The van der Waals surface area contributed by atoms with E-state index >= 15 is 0 Å². The Hall–Kier alpha value is -4.15. The van der Waals surface area contributed by atoms with E-state index in [1.54, 1.807) is 48.5 Å². The van der Waals surface area contributed by atoms with Gasteiger partial charge in [0.05, 0.1) is 24.6 Å². The number of benzene rings is 3. The van der Waals surface area contributed by atoms with E-state index in [1.165, 1.54) is 6.20 Å². The maximum atomic E-state index is 14.5. The zero-order valence-electron chi connectivity index (χ0n) is 20.2. The highest BCUT2D eigenvalue weighted by Gasteiger charge is 2.57. The van der Waals surface area contributed by atoms with Crippen LogP contribution in [0.4, 0.5) is 8.78 Å². The first-order valence-electron chi connectivity index (χ1n) is 12.1. The van der Waals surface area contributed by atoms with Gasteiger partial charge in [-0.05, 0) is 47.0 Å². The molecule has 1 aliphatic rings. The van der Waals surface area contributed by atoms with Crippen LogP contribution in [0, 0.1) is 11.3 Å². The molecule has 0 spiro atoms. The van der Waals surface area contributed by atoms with Crippen LogP contribution < -0.4 is 0 Å². The minimum absolute atomic E-state index is 0.193. The van der Waals surface area contributed by atoms with Crippen LogP contribution in [0.5, 0.6) is 0 Å². The number of ketones is 1. The average Bonchev–Trinajstić information content (AvgIpc) is 3.23. The van der Waals surface area contributed by atoms with Crippen molar-refractivity contribution in [1.82, 2.24) is 9.88 Å². The van der Waals surface area contributed by atoms with Gasteiger partial charge in [0.25, 0.3) is 5.92 Å². The fourth-order valence-electron chi connectivity index (χ4n) is 5.03. The van der Waals surface area contributed by atoms with Crippen LogP contribution >= 0.6 is 11.6 Å². The maximum Gasteiger partial charge on any atom is 0.269 e. The van der Waals surface area contributed by atoms with Crippen molar-refractivity contribution in [2.75, 3.05) is 6.54 Å². The maximum absolute atomic E-state index is 14.5. The summed E-state index contributed by atoms with van der Waals surface area (Å²) in [6.07, 6.45) is 0.243. The van der Waals surface area contributed by atoms with Gasteiger partial charge in [-0.2, -0.15) is 5.26 Å². The summed E-state index contributed by atoms with van der Waals surface area (Å²) >= 11 is 6.00. The lowest BCUT2D eigenvalue weighted by molar-refractivity contribution is -0.135. The molecule has 38 heavy (non-hydrogen) atoms. The highest BCUT2D eigenvalue weighted by atomic mass is 35.5. The van der Waals surface area contributed by atoms with E-state index in [-0.39, 0.29) is 18.6 Å². The van der Waals surface area contributed by atoms with Crippen molar-refractivity contribution in [2.24, 2.45) is 0 Å². The van der Waals surface area contributed by atoms with Crippen molar-refractivity contribution < 1.29 is 18.4 Å².